The molecule has 1 atom stereocenters. The third kappa shape index (κ3) is 3.47. The van der Waals surface area contributed by atoms with Crippen molar-refractivity contribution < 1.29 is 8.42 Å². The fraction of sp³-hybridized carbons (Fsp3) is 0.583. The number of hydrogen-bond acceptors (Lipinski definition) is 6. The lowest BCUT2D eigenvalue weighted by molar-refractivity contribution is 0.380. The second-order valence-electron chi connectivity index (χ2n) is 4.78. The molecule has 1 aliphatic rings. The van der Waals surface area contributed by atoms with Crippen LogP contribution in [0.15, 0.2) is 18.5 Å². The van der Waals surface area contributed by atoms with Gasteiger partial charge in [0.05, 0.1) is 4.99 Å². The monoisotopic (exact) mass is 329 g/mol. The average Bonchev–Trinajstić information content (AvgIpc) is 2.48. The highest BCUT2D eigenvalue weighted by Gasteiger charge is 2.35. The predicted octanol–water partition coefficient (Wildman–Crippen LogP) is -0.00690. The number of hydrogen-bond donors (Lipinski definition) is 1. The van der Waals surface area contributed by atoms with Gasteiger partial charge < -0.3 is 10.6 Å². The van der Waals surface area contributed by atoms with Gasteiger partial charge in [0.2, 0.25) is 16.0 Å². The summed E-state index contributed by atoms with van der Waals surface area (Å²) in [5, 5.41) is -0.785. The minimum Gasteiger partial charge on any atom is -0.392 e. The molecule has 116 valence electrons. The first-order valence-corrected chi connectivity index (χ1v) is 8.68. The molecule has 0 aliphatic carbocycles. The first kappa shape index (κ1) is 16.1. The molecule has 21 heavy (non-hydrogen) atoms. The Hall–Kier alpha value is -1.32. The van der Waals surface area contributed by atoms with Crippen molar-refractivity contribution in [2.45, 2.75) is 18.6 Å². The lowest BCUT2D eigenvalue weighted by Gasteiger charge is -2.35. The first-order chi connectivity index (χ1) is 9.96. The van der Waals surface area contributed by atoms with E-state index in [1.165, 1.54) is 4.31 Å². The molecular formula is C12H19N5O2S2. The van der Waals surface area contributed by atoms with Crippen LogP contribution in [-0.4, -0.2) is 59.1 Å². The van der Waals surface area contributed by atoms with E-state index in [0.29, 0.717) is 38.5 Å². The molecule has 2 rings (SSSR count). The largest absolute Gasteiger partial charge is 0.392 e. The molecule has 1 aliphatic heterocycles. The Balaban J connectivity index is 2.05. The number of anilines is 1. The summed E-state index contributed by atoms with van der Waals surface area (Å²) in [6.07, 6.45) is 3.73. The number of rotatable bonds is 5. The van der Waals surface area contributed by atoms with Crippen molar-refractivity contribution in [3.05, 3.63) is 18.5 Å². The molecule has 2 N–H and O–H groups in total. The summed E-state index contributed by atoms with van der Waals surface area (Å²) in [4.78, 5) is 10.4. The quantitative estimate of drug-likeness (QED) is 0.760. The fourth-order valence-electron chi connectivity index (χ4n) is 2.34. The zero-order valence-corrected chi connectivity index (χ0v) is 13.5. The molecule has 1 fully saturated rings. The number of nitrogens with two attached hydrogens (primary N) is 1. The van der Waals surface area contributed by atoms with Crippen molar-refractivity contribution in [2.24, 2.45) is 5.73 Å². The molecule has 0 saturated carbocycles. The van der Waals surface area contributed by atoms with Crippen LogP contribution in [0.2, 0.25) is 0 Å². The Bertz CT molecular complexity index is 585. The van der Waals surface area contributed by atoms with Gasteiger partial charge in [0.1, 0.15) is 5.25 Å². The summed E-state index contributed by atoms with van der Waals surface area (Å²) in [5.41, 5.74) is 5.55. The highest BCUT2D eigenvalue weighted by atomic mass is 32.2. The van der Waals surface area contributed by atoms with Crippen molar-refractivity contribution in [1.82, 2.24) is 14.3 Å². The highest BCUT2D eigenvalue weighted by Crippen LogP contribution is 2.17. The number of nitrogens with zero attached hydrogens (tertiary/aromatic N) is 4. The summed E-state index contributed by atoms with van der Waals surface area (Å²) in [6, 6.07) is 1.75. The maximum atomic E-state index is 12.5. The van der Waals surface area contributed by atoms with E-state index in [1.54, 1.807) is 25.4 Å². The van der Waals surface area contributed by atoms with Crippen molar-refractivity contribution in [2.75, 3.05) is 31.1 Å². The van der Waals surface area contributed by atoms with Gasteiger partial charge >= 0.3 is 0 Å². The topological polar surface area (TPSA) is 92.4 Å². The Morgan fingerprint density at radius 2 is 1.90 bits per heavy atom. The zero-order valence-electron chi connectivity index (χ0n) is 11.8. The highest BCUT2D eigenvalue weighted by molar-refractivity contribution is 7.92. The molecule has 0 spiro atoms. The third-order valence-electron chi connectivity index (χ3n) is 3.48. The third-order valence-corrected chi connectivity index (χ3v) is 6.31. The molecular weight excluding hydrogens is 310 g/mol. The van der Waals surface area contributed by atoms with Crippen LogP contribution in [0.25, 0.3) is 0 Å². The average molecular weight is 329 g/mol. The molecule has 0 bridgehead atoms. The lowest BCUT2D eigenvalue weighted by atomic mass is 10.3. The predicted molar refractivity (Wildman–Crippen MR) is 85.6 cm³/mol. The summed E-state index contributed by atoms with van der Waals surface area (Å²) >= 11 is 4.87. The number of piperazine rings is 1. The van der Waals surface area contributed by atoms with Gasteiger partial charge in [0.25, 0.3) is 0 Å². The molecule has 1 aromatic rings. The van der Waals surface area contributed by atoms with E-state index in [4.69, 9.17) is 18.0 Å². The lowest BCUT2D eigenvalue weighted by Crippen LogP contribution is -2.53. The molecule has 2 heterocycles. The number of aromatic nitrogens is 2. The summed E-state index contributed by atoms with van der Waals surface area (Å²) in [5.74, 6) is 0.621. The van der Waals surface area contributed by atoms with E-state index in [1.807, 2.05) is 4.90 Å². The maximum Gasteiger partial charge on any atom is 0.225 e. The van der Waals surface area contributed by atoms with Gasteiger partial charge in [0.15, 0.2) is 0 Å². The van der Waals surface area contributed by atoms with Crippen molar-refractivity contribution in [3.8, 4) is 0 Å². The summed E-state index contributed by atoms with van der Waals surface area (Å²) in [7, 11) is -3.48. The molecule has 0 radical (unpaired) electrons. The summed E-state index contributed by atoms with van der Waals surface area (Å²) < 4.78 is 26.5. The van der Waals surface area contributed by atoms with Crippen LogP contribution in [0.1, 0.15) is 13.3 Å². The first-order valence-electron chi connectivity index (χ1n) is 6.77. The van der Waals surface area contributed by atoms with Gasteiger partial charge in [-0.05, 0) is 12.5 Å². The van der Waals surface area contributed by atoms with Crippen LogP contribution in [0, 0.1) is 0 Å². The van der Waals surface area contributed by atoms with Crippen LogP contribution in [0.3, 0.4) is 0 Å². The van der Waals surface area contributed by atoms with Gasteiger partial charge in [-0.15, -0.1) is 0 Å². The molecule has 1 saturated heterocycles. The van der Waals surface area contributed by atoms with E-state index < -0.39 is 15.3 Å². The standard InChI is InChI=1S/C12H19N5O2S2/c1-2-10(11(13)20)21(18,19)17-8-6-16(7-9-17)12-14-4-3-5-15-12/h3-5,10H,2,6-9H2,1H3,(H2,13,20). The van der Waals surface area contributed by atoms with Gasteiger partial charge in [-0.2, -0.15) is 4.31 Å². The van der Waals surface area contributed by atoms with Crippen molar-refractivity contribution in [1.29, 1.82) is 0 Å². The van der Waals surface area contributed by atoms with E-state index in [0.717, 1.165) is 0 Å². The van der Waals surface area contributed by atoms with Crippen LogP contribution >= 0.6 is 12.2 Å². The van der Waals surface area contributed by atoms with Crippen molar-refractivity contribution >= 4 is 33.2 Å². The molecule has 0 aromatic carbocycles. The smallest absolute Gasteiger partial charge is 0.225 e. The van der Waals surface area contributed by atoms with Crippen LogP contribution in [-0.2, 0) is 10.0 Å². The fourth-order valence-corrected chi connectivity index (χ4v) is 4.61. The minimum atomic E-state index is -3.48. The Morgan fingerprint density at radius 3 is 2.38 bits per heavy atom. The van der Waals surface area contributed by atoms with E-state index in [9.17, 15) is 8.42 Å². The van der Waals surface area contributed by atoms with Crippen molar-refractivity contribution in [3.63, 3.8) is 0 Å². The molecule has 0 amide bonds. The van der Waals surface area contributed by atoms with E-state index >= 15 is 0 Å². The van der Waals surface area contributed by atoms with E-state index in [2.05, 4.69) is 9.97 Å². The molecule has 1 aromatic heterocycles. The van der Waals surface area contributed by atoms with Gasteiger partial charge in [0, 0.05) is 38.6 Å². The number of thiocarbonyl (C=S) groups is 1. The molecule has 7 nitrogen and oxygen atoms in total. The van der Waals surface area contributed by atoms with Gasteiger partial charge in [-0.3, -0.25) is 0 Å². The Labute approximate surface area is 130 Å². The van der Waals surface area contributed by atoms with Crippen LogP contribution in [0.5, 0.6) is 0 Å². The Morgan fingerprint density at radius 1 is 1.33 bits per heavy atom. The molecule has 9 heteroatoms. The molecule has 1 unspecified atom stereocenters. The zero-order chi connectivity index (χ0) is 15.5. The summed E-state index contributed by atoms with van der Waals surface area (Å²) in [6.45, 7) is 3.66. The van der Waals surface area contributed by atoms with E-state index in [-0.39, 0.29) is 4.99 Å². The van der Waals surface area contributed by atoms with Gasteiger partial charge in [-0.1, -0.05) is 19.1 Å². The maximum absolute atomic E-state index is 12.5. The SMILES string of the molecule is CCC(C(N)=S)S(=O)(=O)N1CCN(c2ncccn2)CC1. The Kier molecular flexibility index (Phi) is 5.07. The van der Waals surface area contributed by atoms with Crippen LogP contribution < -0.4 is 10.6 Å². The number of sulfonamides is 1. The second-order valence-corrected chi connectivity index (χ2v) is 7.37. The van der Waals surface area contributed by atoms with Gasteiger partial charge in [-0.25, -0.2) is 18.4 Å². The van der Waals surface area contributed by atoms with Crippen LogP contribution in [0.4, 0.5) is 5.95 Å². The normalized spacial score (nSPS) is 18.4. The minimum absolute atomic E-state index is 0.0336. The second kappa shape index (κ2) is 6.63.